The molecule has 0 aliphatic carbocycles. The fourth-order valence-corrected chi connectivity index (χ4v) is 2.15. The molecule has 1 aromatic heterocycles. The summed E-state index contributed by atoms with van der Waals surface area (Å²) in [7, 11) is 0. The molecule has 0 aliphatic heterocycles. The van der Waals surface area contributed by atoms with Crippen LogP contribution in [0.2, 0.25) is 0 Å². The fourth-order valence-electron chi connectivity index (χ4n) is 1.90. The molecule has 1 amide bonds. The van der Waals surface area contributed by atoms with Gasteiger partial charge in [0.15, 0.2) is 11.6 Å². The van der Waals surface area contributed by atoms with E-state index in [9.17, 15) is 4.79 Å². The molecule has 22 heavy (non-hydrogen) atoms. The Morgan fingerprint density at radius 1 is 1.18 bits per heavy atom. The molecule has 6 heteroatoms. The number of carbonyl (C=O) groups excluding carboxylic acids is 1. The van der Waals surface area contributed by atoms with E-state index in [1.54, 1.807) is 12.1 Å². The second kappa shape index (κ2) is 7.35. The molecule has 0 saturated heterocycles. The molecule has 2 N–H and O–H groups in total. The third-order valence-corrected chi connectivity index (χ3v) is 3.85. The second-order valence-electron chi connectivity index (χ2n) is 5.54. The molecule has 1 aromatic carbocycles. The lowest BCUT2D eigenvalue weighted by Crippen LogP contribution is -2.15. The summed E-state index contributed by atoms with van der Waals surface area (Å²) in [5.41, 5.74) is 2.07. The van der Waals surface area contributed by atoms with Crippen molar-refractivity contribution in [2.75, 3.05) is 10.6 Å². The highest BCUT2D eigenvalue weighted by atomic mass is 79.9. The topological polar surface area (TPSA) is 66.9 Å². The van der Waals surface area contributed by atoms with Gasteiger partial charge < -0.3 is 10.6 Å². The molecule has 116 valence electrons. The van der Waals surface area contributed by atoms with Crippen LogP contribution in [-0.2, 0) is 4.79 Å². The molecular formula is C16H19BrN4O. The van der Waals surface area contributed by atoms with Crippen LogP contribution in [0.25, 0.3) is 0 Å². The average molecular weight is 363 g/mol. The van der Waals surface area contributed by atoms with Gasteiger partial charge in [0.25, 0.3) is 0 Å². The van der Waals surface area contributed by atoms with Crippen LogP contribution in [0, 0.1) is 12.8 Å². The number of benzene rings is 1. The second-order valence-corrected chi connectivity index (χ2v) is 6.39. The predicted octanol–water partition coefficient (Wildman–Crippen LogP) is 4.28. The molecule has 0 aliphatic rings. The zero-order valence-electron chi connectivity index (χ0n) is 12.9. The summed E-state index contributed by atoms with van der Waals surface area (Å²) in [6, 6.07) is 9.47. The Kier molecular flexibility index (Phi) is 5.49. The van der Waals surface area contributed by atoms with Gasteiger partial charge in [-0.05, 0) is 48.7 Å². The van der Waals surface area contributed by atoms with Crippen molar-refractivity contribution in [1.82, 2.24) is 10.2 Å². The number of aryl methyl sites for hydroxylation is 1. The lowest BCUT2D eigenvalue weighted by Gasteiger charge is -2.08. The maximum Gasteiger partial charge on any atom is 0.225 e. The minimum atomic E-state index is -0.0476. The van der Waals surface area contributed by atoms with E-state index in [0.29, 0.717) is 24.0 Å². The van der Waals surface area contributed by atoms with Crippen molar-refractivity contribution in [3.63, 3.8) is 0 Å². The van der Waals surface area contributed by atoms with Crippen LogP contribution in [0.5, 0.6) is 0 Å². The standard InChI is InChI=1S/C16H19BrN4O/c1-10(2)8-16(22)19-15-7-6-14(20-21-15)18-12-4-5-13(17)11(3)9-12/h4-7,9-10H,8H2,1-3H3,(H,18,20)(H,19,21,22). The van der Waals surface area contributed by atoms with E-state index < -0.39 is 0 Å². The molecule has 1 heterocycles. The monoisotopic (exact) mass is 362 g/mol. The molecule has 0 bridgehead atoms. The quantitative estimate of drug-likeness (QED) is 0.832. The van der Waals surface area contributed by atoms with Crippen LogP contribution in [0.3, 0.4) is 0 Å². The Bertz CT molecular complexity index is 656. The minimum Gasteiger partial charge on any atom is -0.339 e. The van der Waals surface area contributed by atoms with Gasteiger partial charge in [0.05, 0.1) is 0 Å². The van der Waals surface area contributed by atoms with Crippen molar-refractivity contribution in [2.24, 2.45) is 5.92 Å². The highest BCUT2D eigenvalue weighted by molar-refractivity contribution is 9.10. The third-order valence-electron chi connectivity index (χ3n) is 2.96. The lowest BCUT2D eigenvalue weighted by molar-refractivity contribution is -0.116. The van der Waals surface area contributed by atoms with E-state index in [1.807, 2.05) is 39.0 Å². The molecule has 0 spiro atoms. The molecular weight excluding hydrogens is 344 g/mol. The van der Waals surface area contributed by atoms with Gasteiger partial charge in [-0.15, -0.1) is 10.2 Å². The molecule has 2 aromatic rings. The molecule has 0 fully saturated rings. The van der Waals surface area contributed by atoms with Gasteiger partial charge in [-0.3, -0.25) is 4.79 Å². The van der Waals surface area contributed by atoms with Gasteiger partial charge in [-0.25, -0.2) is 0 Å². The zero-order valence-corrected chi connectivity index (χ0v) is 14.4. The van der Waals surface area contributed by atoms with Crippen molar-refractivity contribution in [3.05, 3.63) is 40.4 Å². The number of nitrogens with one attached hydrogen (secondary N) is 2. The maximum absolute atomic E-state index is 11.7. The summed E-state index contributed by atoms with van der Waals surface area (Å²) in [6.45, 7) is 6.02. The Balaban J connectivity index is 1.99. The number of anilines is 3. The summed E-state index contributed by atoms with van der Waals surface area (Å²) >= 11 is 3.47. The van der Waals surface area contributed by atoms with Gasteiger partial charge >= 0.3 is 0 Å². The van der Waals surface area contributed by atoms with Crippen LogP contribution in [0.4, 0.5) is 17.3 Å². The number of hydrogen-bond acceptors (Lipinski definition) is 4. The first kappa shape index (κ1) is 16.4. The Hall–Kier alpha value is -1.95. The smallest absolute Gasteiger partial charge is 0.225 e. The molecule has 0 radical (unpaired) electrons. The molecule has 5 nitrogen and oxygen atoms in total. The number of halogens is 1. The average Bonchev–Trinajstić information content (AvgIpc) is 2.44. The van der Waals surface area contributed by atoms with Crippen molar-refractivity contribution in [2.45, 2.75) is 27.2 Å². The van der Waals surface area contributed by atoms with E-state index in [1.165, 1.54) is 0 Å². The minimum absolute atomic E-state index is 0.0476. The van der Waals surface area contributed by atoms with Gasteiger partial charge in [0.1, 0.15) is 0 Å². The maximum atomic E-state index is 11.7. The van der Waals surface area contributed by atoms with Crippen LogP contribution in [0.1, 0.15) is 25.8 Å². The fraction of sp³-hybridized carbons (Fsp3) is 0.312. The van der Waals surface area contributed by atoms with Crippen LogP contribution < -0.4 is 10.6 Å². The summed E-state index contributed by atoms with van der Waals surface area (Å²) in [5, 5.41) is 14.0. The van der Waals surface area contributed by atoms with E-state index in [-0.39, 0.29) is 5.91 Å². The number of carbonyl (C=O) groups is 1. The SMILES string of the molecule is Cc1cc(Nc2ccc(NC(=O)CC(C)C)nn2)ccc1Br. The van der Waals surface area contributed by atoms with Crippen molar-refractivity contribution in [1.29, 1.82) is 0 Å². The summed E-state index contributed by atoms with van der Waals surface area (Å²) in [4.78, 5) is 11.7. The largest absolute Gasteiger partial charge is 0.339 e. The van der Waals surface area contributed by atoms with E-state index in [2.05, 4.69) is 36.8 Å². The van der Waals surface area contributed by atoms with Crippen molar-refractivity contribution in [3.8, 4) is 0 Å². The normalized spacial score (nSPS) is 10.6. The first-order valence-electron chi connectivity index (χ1n) is 7.11. The van der Waals surface area contributed by atoms with E-state index >= 15 is 0 Å². The summed E-state index contributed by atoms with van der Waals surface area (Å²) in [6.07, 6.45) is 0.472. The van der Waals surface area contributed by atoms with Gasteiger partial charge in [0.2, 0.25) is 5.91 Å². The number of nitrogens with zero attached hydrogens (tertiary/aromatic N) is 2. The Labute approximate surface area is 138 Å². The molecule has 0 atom stereocenters. The third kappa shape index (κ3) is 4.80. The van der Waals surface area contributed by atoms with Crippen LogP contribution in [-0.4, -0.2) is 16.1 Å². The van der Waals surface area contributed by atoms with Gasteiger partial charge in [0, 0.05) is 16.6 Å². The molecule has 2 rings (SSSR count). The van der Waals surface area contributed by atoms with Gasteiger partial charge in [-0.1, -0.05) is 29.8 Å². The van der Waals surface area contributed by atoms with Gasteiger partial charge in [-0.2, -0.15) is 0 Å². The van der Waals surface area contributed by atoms with E-state index in [0.717, 1.165) is 15.7 Å². The summed E-state index contributed by atoms with van der Waals surface area (Å²) < 4.78 is 1.06. The molecule has 0 unspecified atom stereocenters. The number of rotatable bonds is 5. The Morgan fingerprint density at radius 2 is 1.86 bits per heavy atom. The summed E-state index contributed by atoms with van der Waals surface area (Å²) in [5.74, 6) is 1.36. The number of amides is 1. The number of hydrogen-bond donors (Lipinski definition) is 2. The van der Waals surface area contributed by atoms with Crippen molar-refractivity contribution >= 4 is 39.2 Å². The zero-order chi connectivity index (χ0) is 16.1. The van der Waals surface area contributed by atoms with Crippen LogP contribution >= 0.6 is 15.9 Å². The Morgan fingerprint density at radius 3 is 2.45 bits per heavy atom. The first-order chi connectivity index (χ1) is 10.4. The first-order valence-corrected chi connectivity index (χ1v) is 7.90. The molecule has 0 saturated carbocycles. The predicted molar refractivity (Wildman–Crippen MR) is 92.3 cm³/mol. The lowest BCUT2D eigenvalue weighted by atomic mass is 10.1. The van der Waals surface area contributed by atoms with Crippen molar-refractivity contribution < 1.29 is 4.79 Å². The van der Waals surface area contributed by atoms with E-state index in [4.69, 9.17) is 0 Å². The highest BCUT2D eigenvalue weighted by Crippen LogP contribution is 2.22. The number of aromatic nitrogens is 2. The van der Waals surface area contributed by atoms with Crippen LogP contribution in [0.15, 0.2) is 34.8 Å². The highest BCUT2D eigenvalue weighted by Gasteiger charge is 2.06.